The van der Waals surface area contributed by atoms with Gasteiger partial charge in [0.1, 0.15) is 0 Å². The maximum Gasteiger partial charge on any atom is -0.0414 e. The number of halogens is 1. The Bertz CT molecular complexity index is 85.0. The van der Waals surface area contributed by atoms with Crippen molar-refractivity contribution >= 4 is 12.4 Å². The zero-order chi connectivity index (χ0) is 7.94. The highest BCUT2D eigenvalue weighted by atomic mass is 35.5. The minimum atomic E-state index is 0. The molecule has 1 rings (SSSR count). The number of hydrogen-bond donors (Lipinski definition) is 0. The molecule has 0 aliphatic heterocycles. The molecule has 1 heteroatoms. The molecule has 1 fully saturated rings. The molecule has 0 aromatic carbocycles. The van der Waals surface area contributed by atoms with Gasteiger partial charge in [0.25, 0.3) is 0 Å². The van der Waals surface area contributed by atoms with Crippen LogP contribution in [0.5, 0.6) is 0 Å². The summed E-state index contributed by atoms with van der Waals surface area (Å²) in [6, 6.07) is 0. The maximum absolute atomic E-state index is 2.29. The van der Waals surface area contributed by atoms with E-state index in [0.29, 0.717) is 0 Å². The van der Waals surface area contributed by atoms with Gasteiger partial charge in [0, 0.05) is 0 Å². The summed E-state index contributed by atoms with van der Waals surface area (Å²) in [6.07, 6.45) is 13.4. The van der Waals surface area contributed by atoms with Gasteiger partial charge in [0.2, 0.25) is 0 Å². The third-order valence-electron chi connectivity index (χ3n) is 2.94. The fourth-order valence-corrected chi connectivity index (χ4v) is 2.16. The lowest BCUT2D eigenvalue weighted by molar-refractivity contribution is 0.329. The molecule has 0 amide bonds. The van der Waals surface area contributed by atoms with Gasteiger partial charge in [0.05, 0.1) is 0 Å². The predicted octanol–water partition coefficient (Wildman–Crippen LogP) is 4.57. The molecule has 1 saturated carbocycles. The molecule has 0 atom stereocenters. The van der Waals surface area contributed by atoms with Crippen LogP contribution in [-0.2, 0) is 0 Å². The van der Waals surface area contributed by atoms with Gasteiger partial charge in [-0.3, -0.25) is 0 Å². The molecule has 0 nitrogen and oxygen atoms in total. The van der Waals surface area contributed by atoms with Gasteiger partial charge in [0.15, 0.2) is 0 Å². The van der Waals surface area contributed by atoms with E-state index in [-0.39, 0.29) is 12.4 Å². The fraction of sp³-hybridized carbons (Fsp3) is 1.00. The zero-order valence-electron chi connectivity index (χ0n) is 8.35. The zero-order valence-corrected chi connectivity index (χ0v) is 9.17. The topological polar surface area (TPSA) is 0 Å². The van der Waals surface area contributed by atoms with E-state index in [1.165, 1.54) is 57.8 Å². The summed E-state index contributed by atoms with van der Waals surface area (Å²) in [5.74, 6) is 1.11. The van der Waals surface area contributed by atoms with Crippen LogP contribution in [0.3, 0.4) is 0 Å². The van der Waals surface area contributed by atoms with Crippen LogP contribution in [0.2, 0.25) is 0 Å². The first-order valence-electron chi connectivity index (χ1n) is 5.43. The molecule has 0 spiro atoms. The molecule has 0 radical (unpaired) electrons. The van der Waals surface area contributed by atoms with Crippen molar-refractivity contribution in [1.82, 2.24) is 0 Å². The lowest BCUT2D eigenvalue weighted by Gasteiger charge is -2.20. The van der Waals surface area contributed by atoms with Gasteiger partial charge in [-0.15, -0.1) is 12.4 Å². The van der Waals surface area contributed by atoms with Gasteiger partial charge in [-0.2, -0.15) is 0 Å². The van der Waals surface area contributed by atoms with Crippen molar-refractivity contribution in [3.63, 3.8) is 0 Å². The third kappa shape index (κ3) is 5.03. The lowest BCUT2D eigenvalue weighted by Crippen LogP contribution is -2.05. The Morgan fingerprint density at radius 3 is 2.25 bits per heavy atom. The average Bonchev–Trinajstić information content (AvgIpc) is 2.07. The van der Waals surface area contributed by atoms with E-state index in [2.05, 4.69) is 6.92 Å². The SMILES string of the molecule is CCCCCC1CCCCC1.Cl. The maximum atomic E-state index is 2.29. The Balaban J connectivity index is 0.00000121. The lowest BCUT2D eigenvalue weighted by atomic mass is 9.86. The number of unbranched alkanes of at least 4 members (excludes halogenated alkanes) is 2. The fourth-order valence-electron chi connectivity index (χ4n) is 2.16. The molecule has 12 heavy (non-hydrogen) atoms. The molecular weight excluding hydrogens is 168 g/mol. The van der Waals surface area contributed by atoms with Crippen molar-refractivity contribution in [2.45, 2.75) is 64.7 Å². The Hall–Kier alpha value is 0.290. The van der Waals surface area contributed by atoms with Crippen molar-refractivity contribution in [3.8, 4) is 0 Å². The molecule has 0 N–H and O–H groups in total. The standard InChI is InChI=1S/C11H22.ClH/c1-2-3-5-8-11-9-6-4-7-10-11;/h11H,2-10H2,1H3;1H. The van der Waals surface area contributed by atoms with Crippen LogP contribution in [0.1, 0.15) is 64.7 Å². The quantitative estimate of drug-likeness (QED) is 0.570. The van der Waals surface area contributed by atoms with E-state index < -0.39 is 0 Å². The molecule has 0 unspecified atom stereocenters. The Morgan fingerprint density at radius 2 is 1.67 bits per heavy atom. The van der Waals surface area contributed by atoms with Crippen LogP contribution in [0.25, 0.3) is 0 Å². The summed E-state index contributed by atoms with van der Waals surface area (Å²) < 4.78 is 0. The first-order valence-corrected chi connectivity index (χ1v) is 5.43. The number of hydrogen-bond acceptors (Lipinski definition) is 0. The number of rotatable bonds is 4. The van der Waals surface area contributed by atoms with Gasteiger partial charge in [-0.1, -0.05) is 64.7 Å². The first-order chi connectivity index (χ1) is 5.43. The molecular formula is C11H23Cl. The molecule has 0 heterocycles. The van der Waals surface area contributed by atoms with Crippen molar-refractivity contribution in [3.05, 3.63) is 0 Å². The van der Waals surface area contributed by atoms with Crippen LogP contribution in [0.15, 0.2) is 0 Å². The Kier molecular flexibility index (Phi) is 8.11. The molecule has 0 bridgehead atoms. The van der Waals surface area contributed by atoms with Gasteiger partial charge in [-0.05, 0) is 5.92 Å². The van der Waals surface area contributed by atoms with Crippen molar-refractivity contribution in [2.75, 3.05) is 0 Å². The van der Waals surface area contributed by atoms with Gasteiger partial charge >= 0.3 is 0 Å². The van der Waals surface area contributed by atoms with Gasteiger partial charge in [-0.25, -0.2) is 0 Å². The Labute approximate surface area is 83.5 Å². The predicted molar refractivity (Wildman–Crippen MR) is 58.0 cm³/mol. The summed E-state index contributed by atoms with van der Waals surface area (Å²) >= 11 is 0. The first kappa shape index (κ1) is 12.3. The summed E-state index contributed by atoms with van der Waals surface area (Å²) in [6.45, 7) is 2.29. The van der Waals surface area contributed by atoms with Crippen molar-refractivity contribution in [1.29, 1.82) is 0 Å². The normalized spacial score (nSPS) is 18.8. The van der Waals surface area contributed by atoms with E-state index in [9.17, 15) is 0 Å². The largest absolute Gasteiger partial charge is 0.147 e. The summed E-state index contributed by atoms with van der Waals surface area (Å²) in [5, 5.41) is 0. The van der Waals surface area contributed by atoms with Crippen LogP contribution in [0, 0.1) is 5.92 Å². The average molecular weight is 191 g/mol. The molecule has 0 aromatic heterocycles. The van der Waals surface area contributed by atoms with Crippen LogP contribution >= 0.6 is 12.4 Å². The van der Waals surface area contributed by atoms with Crippen molar-refractivity contribution < 1.29 is 0 Å². The highest BCUT2D eigenvalue weighted by Gasteiger charge is 2.11. The second-order valence-corrected chi connectivity index (χ2v) is 4.00. The summed E-state index contributed by atoms with van der Waals surface area (Å²) in [4.78, 5) is 0. The van der Waals surface area contributed by atoms with E-state index >= 15 is 0 Å². The molecule has 0 saturated heterocycles. The molecule has 74 valence electrons. The van der Waals surface area contributed by atoms with E-state index in [1.807, 2.05) is 0 Å². The van der Waals surface area contributed by atoms with Crippen LogP contribution in [-0.4, -0.2) is 0 Å². The summed E-state index contributed by atoms with van der Waals surface area (Å²) in [5.41, 5.74) is 0. The molecule has 1 aliphatic carbocycles. The highest BCUT2D eigenvalue weighted by molar-refractivity contribution is 5.85. The smallest absolute Gasteiger partial charge is 0.0414 e. The second-order valence-electron chi connectivity index (χ2n) is 4.00. The van der Waals surface area contributed by atoms with E-state index in [4.69, 9.17) is 0 Å². The minimum absolute atomic E-state index is 0. The third-order valence-corrected chi connectivity index (χ3v) is 2.94. The van der Waals surface area contributed by atoms with E-state index in [1.54, 1.807) is 0 Å². The van der Waals surface area contributed by atoms with Crippen LogP contribution in [0.4, 0.5) is 0 Å². The van der Waals surface area contributed by atoms with Gasteiger partial charge < -0.3 is 0 Å². The van der Waals surface area contributed by atoms with Crippen molar-refractivity contribution in [2.24, 2.45) is 5.92 Å². The molecule has 1 aliphatic rings. The minimum Gasteiger partial charge on any atom is -0.147 e. The van der Waals surface area contributed by atoms with E-state index in [0.717, 1.165) is 5.92 Å². The van der Waals surface area contributed by atoms with Crippen LogP contribution < -0.4 is 0 Å². The second kappa shape index (κ2) is 7.91. The monoisotopic (exact) mass is 190 g/mol. The summed E-state index contributed by atoms with van der Waals surface area (Å²) in [7, 11) is 0. The highest BCUT2D eigenvalue weighted by Crippen LogP contribution is 2.27. The molecule has 0 aromatic rings. The Morgan fingerprint density at radius 1 is 1.00 bits per heavy atom.